The summed E-state index contributed by atoms with van der Waals surface area (Å²) in [4.78, 5) is 15.5. The monoisotopic (exact) mass is 677 g/mol. The van der Waals surface area contributed by atoms with Crippen molar-refractivity contribution in [1.82, 2.24) is 15.0 Å². The highest BCUT2D eigenvalue weighted by atomic mass is 15.0. The Labute approximate surface area is 309 Å². The van der Waals surface area contributed by atoms with Crippen molar-refractivity contribution in [2.75, 3.05) is 0 Å². The van der Waals surface area contributed by atoms with Crippen LogP contribution in [-0.4, -0.2) is 15.0 Å². The molecule has 0 bridgehead atoms. The highest BCUT2D eigenvalue weighted by Crippen LogP contribution is 2.52. The minimum atomic E-state index is -0.0381. The molecule has 0 fully saturated rings. The third-order valence-corrected chi connectivity index (χ3v) is 10.9. The number of aromatic nitrogens is 3. The molecule has 3 heteroatoms. The average Bonchev–Trinajstić information content (AvgIpc) is 3.46. The van der Waals surface area contributed by atoms with Crippen molar-refractivity contribution >= 4 is 21.5 Å². The summed E-state index contributed by atoms with van der Waals surface area (Å²) in [5, 5.41) is 4.56. The van der Waals surface area contributed by atoms with Gasteiger partial charge in [-0.2, -0.15) is 0 Å². The third-order valence-electron chi connectivity index (χ3n) is 10.9. The summed E-state index contributed by atoms with van der Waals surface area (Å²) in [6.07, 6.45) is 0. The van der Waals surface area contributed by atoms with E-state index < -0.39 is 0 Å². The maximum Gasteiger partial charge on any atom is 0.165 e. The van der Waals surface area contributed by atoms with E-state index in [-0.39, 0.29) is 5.41 Å². The SMILES string of the molecule is CC1(C)c2ccccc2-c2c(-c3ccc4cc(-c5nc(-c6ccccc6)nc(-c6c(-c7ccccc7)ccc7ccccc67)n5)ccc4c3)cccc21. The molecule has 0 spiro atoms. The van der Waals surface area contributed by atoms with Crippen molar-refractivity contribution in [3.8, 4) is 67.5 Å². The molecule has 1 heterocycles. The summed E-state index contributed by atoms with van der Waals surface area (Å²) in [5.41, 5.74) is 13.0. The Balaban J connectivity index is 1.13. The molecule has 0 radical (unpaired) electrons. The molecule has 10 rings (SSSR count). The summed E-state index contributed by atoms with van der Waals surface area (Å²) < 4.78 is 0. The minimum Gasteiger partial charge on any atom is -0.208 e. The zero-order chi connectivity index (χ0) is 35.5. The smallest absolute Gasteiger partial charge is 0.165 e. The lowest BCUT2D eigenvalue weighted by Crippen LogP contribution is -2.14. The van der Waals surface area contributed by atoms with Crippen LogP contribution in [0.15, 0.2) is 176 Å². The Bertz CT molecular complexity index is 2860. The standard InChI is InChI=1S/C50H35N3/c1-50(2)43-22-12-11-20-42(43)45-40(21-13-23-44(45)50)37-26-24-36-31-38(27-25-35(36)30-37)48-51-47(34-17-7-4-8-18-34)52-49(53-48)46-39-19-10-9-16-33(39)28-29-41(46)32-14-5-3-6-15-32/h3-31H,1-2H3. The quantitative estimate of drug-likeness (QED) is 0.182. The van der Waals surface area contributed by atoms with Gasteiger partial charge in [-0.15, -0.1) is 0 Å². The van der Waals surface area contributed by atoms with E-state index in [4.69, 9.17) is 15.0 Å². The zero-order valence-electron chi connectivity index (χ0n) is 29.6. The Morgan fingerprint density at radius 3 is 1.68 bits per heavy atom. The molecule has 53 heavy (non-hydrogen) atoms. The molecule has 0 amide bonds. The van der Waals surface area contributed by atoms with Crippen LogP contribution in [0.5, 0.6) is 0 Å². The fraction of sp³-hybridized carbons (Fsp3) is 0.0600. The van der Waals surface area contributed by atoms with Crippen LogP contribution in [0.1, 0.15) is 25.0 Å². The summed E-state index contributed by atoms with van der Waals surface area (Å²) in [7, 11) is 0. The zero-order valence-corrected chi connectivity index (χ0v) is 29.6. The first-order valence-corrected chi connectivity index (χ1v) is 18.2. The Hall–Kier alpha value is -6.71. The van der Waals surface area contributed by atoms with Crippen LogP contribution in [0.25, 0.3) is 89.1 Å². The van der Waals surface area contributed by atoms with Gasteiger partial charge in [0.15, 0.2) is 17.5 Å². The molecule has 0 N–H and O–H groups in total. The third kappa shape index (κ3) is 5.16. The van der Waals surface area contributed by atoms with Crippen LogP contribution in [0.4, 0.5) is 0 Å². The van der Waals surface area contributed by atoms with E-state index in [1.165, 1.54) is 38.8 Å². The van der Waals surface area contributed by atoms with Crippen LogP contribution in [0, 0.1) is 0 Å². The lowest BCUT2D eigenvalue weighted by Gasteiger charge is -2.21. The molecule has 1 aliphatic carbocycles. The van der Waals surface area contributed by atoms with E-state index in [0.29, 0.717) is 17.5 Å². The van der Waals surface area contributed by atoms with Gasteiger partial charge in [-0.3, -0.25) is 0 Å². The normalized spacial score (nSPS) is 12.9. The second-order valence-electron chi connectivity index (χ2n) is 14.4. The first-order chi connectivity index (χ1) is 26.0. The number of nitrogens with zero attached hydrogens (tertiary/aromatic N) is 3. The highest BCUT2D eigenvalue weighted by Gasteiger charge is 2.36. The van der Waals surface area contributed by atoms with Crippen molar-refractivity contribution < 1.29 is 0 Å². The summed E-state index contributed by atoms with van der Waals surface area (Å²) in [6.45, 7) is 4.67. The van der Waals surface area contributed by atoms with Crippen LogP contribution in [-0.2, 0) is 5.41 Å². The van der Waals surface area contributed by atoms with Gasteiger partial charge in [-0.05, 0) is 78.2 Å². The van der Waals surface area contributed by atoms with Gasteiger partial charge >= 0.3 is 0 Å². The average molecular weight is 678 g/mol. The van der Waals surface area contributed by atoms with E-state index in [1.807, 2.05) is 24.3 Å². The van der Waals surface area contributed by atoms with E-state index in [2.05, 4.69) is 166 Å². The van der Waals surface area contributed by atoms with E-state index in [0.717, 1.165) is 44.0 Å². The molecule has 0 saturated heterocycles. The van der Waals surface area contributed by atoms with Crippen molar-refractivity contribution in [2.24, 2.45) is 0 Å². The first-order valence-electron chi connectivity index (χ1n) is 18.2. The maximum absolute atomic E-state index is 5.26. The predicted octanol–water partition coefficient (Wildman–Crippen LogP) is 12.8. The lowest BCUT2D eigenvalue weighted by atomic mass is 9.82. The van der Waals surface area contributed by atoms with E-state index >= 15 is 0 Å². The van der Waals surface area contributed by atoms with Gasteiger partial charge in [0.1, 0.15) is 0 Å². The molecular formula is C50H35N3. The molecule has 1 aliphatic rings. The first kappa shape index (κ1) is 31.1. The summed E-state index contributed by atoms with van der Waals surface area (Å²) in [6, 6.07) is 62.5. The molecule has 0 atom stereocenters. The van der Waals surface area contributed by atoms with Crippen molar-refractivity contribution in [2.45, 2.75) is 19.3 Å². The number of hydrogen-bond acceptors (Lipinski definition) is 3. The maximum atomic E-state index is 5.26. The van der Waals surface area contributed by atoms with Gasteiger partial charge < -0.3 is 0 Å². The van der Waals surface area contributed by atoms with Gasteiger partial charge in [0, 0.05) is 22.1 Å². The van der Waals surface area contributed by atoms with Gasteiger partial charge in [0.05, 0.1) is 0 Å². The Morgan fingerprint density at radius 2 is 0.887 bits per heavy atom. The lowest BCUT2D eigenvalue weighted by molar-refractivity contribution is 0.660. The molecule has 0 unspecified atom stereocenters. The number of rotatable bonds is 5. The topological polar surface area (TPSA) is 38.7 Å². The Morgan fingerprint density at radius 1 is 0.340 bits per heavy atom. The molecule has 250 valence electrons. The van der Waals surface area contributed by atoms with Crippen molar-refractivity contribution in [3.63, 3.8) is 0 Å². The van der Waals surface area contributed by atoms with Gasteiger partial charge in [-0.25, -0.2) is 15.0 Å². The molecule has 8 aromatic carbocycles. The van der Waals surface area contributed by atoms with Gasteiger partial charge in [0.2, 0.25) is 0 Å². The van der Waals surface area contributed by atoms with Crippen molar-refractivity contribution in [1.29, 1.82) is 0 Å². The molecule has 0 saturated carbocycles. The van der Waals surface area contributed by atoms with Crippen LogP contribution >= 0.6 is 0 Å². The largest absolute Gasteiger partial charge is 0.208 e. The molecule has 3 nitrogen and oxygen atoms in total. The van der Waals surface area contributed by atoms with Crippen LogP contribution in [0.3, 0.4) is 0 Å². The van der Waals surface area contributed by atoms with Gasteiger partial charge in [-0.1, -0.05) is 178 Å². The van der Waals surface area contributed by atoms with Gasteiger partial charge in [0.25, 0.3) is 0 Å². The summed E-state index contributed by atoms with van der Waals surface area (Å²) in [5.74, 6) is 1.95. The number of fused-ring (bicyclic) bond motifs is 5. The second-order valence-corrected chi connectivity index (χ2v) is 14.4. The molecule has 1 aromatic heterocycles. The van der Waals surface area contributed by atoms with Crippen LogP contribution in [0.2, 0.25) is 0 Å². The number of hydrogen-bond donors (Lipinski definition) is 0. The highest BCUT2D eigenvalue weighted by molar-refractivity contribution is 6.03. The van der Waals surface area contributed by atoms with Crippen molar-refractivity contribution in [3.05, 3.63) is 187 Å². The predicted molar refractivity (Wildman–Crippen MR) is 220 cm³/mol. The molecular weight excluding hydrogens is 643 g/mol. The fourth-order valence-corrected chi connectivity index (χ4v) is 8.25. The van der Waals surface area contributed by atoms with Crippen LogP contribution < -0.4 is 0 Å². The Kier molecular flexibility index (Phi) is 7.16. The molecule has 9 aromatic rings. The summed E-state index contributed by atoms with van der Waals surface area (Å²) >= 11 is 0. The second kappa shape index (κ2) is 12.2. The minimum absolute atomic E-state index is 0.0381. The van der Waals surface area contributed by atoms with E-state index in [9.17, 15) is 0 Å². The van der Waals surface area contributed by atoms with E-state index in [1.54, 1.807) is 0 Å². The fourth-order valence-electron chi connectivity index (χ4n) is 8.25. The molecule has 0 aliphatic heterocycles. The number of benzene rings is 8.